The minimum Gasteiger partial charge on any atom is -0.378 e. The molecule has 0 aliphatic carbocycles. The normalized spacial score (nSPS) is 13.7. The molecule has 0 atom stereocenters. The minimum absolute atomic E-state index is 0.225. The molecule has 4 aromatic rings. The molecule has 0 bridgehead atoms. The van der Waals surface area contributed by atoms with Crippen molar-refractivity contribution in [2.75, 3.05) is 67.8 Å². The number of pyridine rings is 1. The van der Waals surface area contributed by atoms with Crippen LogP contribution in [0.1, 0.15) is 10.4 Å². The van der Waals surface area contributed by atoms with Gasteiger partial charge in [-0.25, -0.2) is 4.98 Å². The van der Waals surface area contributed by atoms with Crippen LogP contribution in [0.15, 0.2) is 72.9 Å². The largest absolute Gasteiger partial charge is 0.378 e. The van der Waals surface area contributed by atoms with Crippen molar-refractivity contribution in [3.05, 3.63) is 78.5 Å². The van der Waals surface area contributed by atoms with Crippen LogP contribution in [0.25, 0.3) is 11.4 Å². The molecule has 0 unspecified atom stereocenters. The predicted octanol–water partition coefficient (Wildman–Crippen LogP) is 3.75. The van der Waals surface area contributed by atoms with Crippen LogP contribution >= 0.6 is 0 Å². The summed E-state index contributed by atoms with van der Waals surface area (Å²) in [5, 5.41) is 6.09. The van der Waals surface area contributed by atoms with Crippen LogP contribution in [0.2, 0.25) is 0 Å². The summed E-state index contributed by atoms with van der Waals surface area (Å²) in [6.07, 6.45) is 1.59. The third kappa shape index (κ3) is 6.04. The number of piperazine rings is 1. The highest BCUT2D eigenvalue weighted by atomic mass is 16.1. The van der Waals surface area contributed by atoms with Crippen molar-refractivity contribution in [1.82, 2.24) is 24.8 Å². The summed E-state index contributed by atoms with van der Waals surface area (Å²) < 4.78 is 0. The van der Waals surface area contributed by atoms with Crippen LogP contribution in [0, 0.1) is 0 Å². The van der Waals surface area contributed by atoms with Gasteiger partial charge in [-0.2, -0.15) is 15.0 Å². The molecule has 1 saturated heterocycles. The summed E-state index contributed by atoms with van der Waals surface area (Å²) in [4.78, 5) is 37.9. The van der Waals surface area contributed by atoms with E-state index in [1.165, 1.54) is 0 Å². The minimum atomic E-state index is -0.225. The number of nitrogens with one attached hydrogen (secondary N) is 2. The maximum Gasteiger partial charge on any atom is 0.255 e. The van der Waals surface area contributed by atoms with E-state index >= 15 is 0 Å². The second-order valence-electron chi connectivity index (χ2n) is 9.39. The van der Waals surface area contributed by atoms with Crippen molar-refractivity contribution < 1.29 is 4.79 Å². The lowest BCUT2D eigenvalue weighted by atomic mass is 10.2. The molecule has 0 saturated carbocycles. The van der Waals surface area contributed by atoms with Crippen LogP contribution in [-0.4, -0.2) is 78.1 Å². The molecule has 38 heavy (non-hydrogen) atoms. The first-order valence-electron chi connectivity index (χ1n) is 12.5. The van der Waals surface area contributed by atoms with Crippen molar-refractivity contribution in [2.45, 2.75) is 0 Å². The molecule has 1 amide bonds. The van der Waals surface area contributed by atoms with Gasteiger partial charge in [0.25, 0.3) is 5.91 Å². The average Bonchev–Trinajstić information content (AvgIpc) is 2.94. The van der Waals surface area contributed by atoms with Gasteiger partial charge >= 0.3 is 0 Å². The van der Waals surface area contributed by atoms with Crippen molar-refractivity contribution >= 4 is 35.0 Å². The highest BCUT2D eigenvalue weighted by molar-refractivity contribution is 6.04. The number of hydrogen-bond donors (Lipinski definition) is 2. The average molecular weight is 510 g/mol. The van der Waals surface area contributed by atoms with Gasteiger partial charge in [0, 0.05) is 69.0 Å². The lowest BCUT2D eigenvalue weighted by molar-refractivity contribution is 0.102. The summed E-state index contributed by atoms with van der Waals surface area (Å²) in [7, 11) is 6.13. The number of carbonyl (C=O) groups is 1. The number of nitrogens with zero attached hydrogens (tertiary/aromatic N) is 7. The van der Waals surface area contributed by atoms with E-state index in [9.17, 15) is 4.79 Å². The van der Waals surface area contributed by atoms with E-state index in [4.69, 9.17) is 15.0 Å². The summed E-state index contributed by atoms with van der Waals surface area (Å²) in [5.74, 6) is 1.79. The van der Waals surface area contributed by atoms with Crippen LogP contribution in [0.4, 0.5) is 29.1 Å². The van der Waals surface area contributed by atoms with E-state index in [2.05, 4.69) is 32.5 Å². The number of benzene rings is 2. The van der Waals surface area contributed by atoms with Crippen molar-refractivity contribution in [3.63, 3.8) is 0 Å². The Kier molecular flexibility index (Phi) is 7.41. The van der Waals surface area contributed by atoms with Gasteiger partial charge in [0.1, 0.15) is 5.82 Å². The Bertz CT molecular complexity index is 1390. The molecule has 1 fully saturated rings. The monoisotopic (exact) mass is 509 g/mol. The number of anilines is 5. The van der Waals surface area contributed by atoms with Gasteiger partial charge in [-0.05, 0) is 55.6 Å². The molecule has 3 heterocycles. The van der Waals surface area contributed by atoms with E-state index in [0.29, 0.717) is 29.1 Å². The molecule has 0 radical (unpaired) electrons. The third-order valence-corrected chi connectivity index (χ3v) is 6.35. The predicted molar refractivity (Wildman–Crippen MR) is 151 cm³/mol. The molecule has 2 N–H and O–H groups in total. The molecule has 10 nitrogen and oxygen atoms in total. The maximum absolute atomic E-state index is 12.8. The van der Waals surface area contributed by atoms with Gasteiger partial charge in [-0.3, -0.25) is 4.79 Å². The highest BCUT2D eigenvalue weighted by Crippen LogP contribution is 2.24. The Morgan fingerprint density at radius 2 is 1.63 bits per heavy atom. The summed E-state index contributed by atoms with van der Waals surface area (Å²) >= 11 is 0. The molecular formula is C28H31N9O. The molecule has 5 rings (SSSR count). The molecule has 1 aliphatic heterocycles. The van der Waals surface area contributed by atoms with Gasteiger partial charge in [0.15, 0.2) is 5.82 Å². The van der Waals surface area contributed by atoms with Gasteiger partial charge in [-0.15, -0.1) is 0 Å². The number of rotatable bonds is 7. The van der Waals surface area contributed by atoms with Crippen molar-refractivity contribution in [1.29, 1.82) is 0 Å². The topological polar surface area (TPSA) is 102 Å². The number of amides is 1. The van der Waals surface area contributed by atoms with Crippen molar-refractivity contribution in [3.8, 4) is 11.4 Å². The highest BCUT2D eigenvalue weighted by Gasteiger charge is 2.19. The second-order valence-corrected chi connectivity index (χ2v) is 9.39. The maximum atomic E-state index is 12.8. The second kappa shape index (κ2) is 11.2. The number of carbonyl (C=O) groups excluding carboxylic acids is 1. The molecule has 1 aliphatic rings. The van der Waals surface area contributed by atoms with Gasteiger partial charge in [-0.1, -0.05) is 18.2 Å². The number of hydrogen-bond acceptors (Lipinski definition) is 9. The quantitative estimate of drug-likeness (QED) is 0.386. The molecule has 194 valence electrons. The fourth-order valence-corrected chi connectivity index (χ4v) is 4.09. The summed E-state index contributed by atoms with van der Waals surface area (Å²) in [6, 6.07) is 20.8. The Labute approximate surface area is 222 Å². The molecule has 10 heteroatoms. The van der Waals surface area contributed by atoms with Crippen LogP contribution in [0.5, 0.6) is 0 Å². The first kappa shape index (κ1) is 25.1. The Morgan fingerprint density at radius 3 is 2.34 bits per heavy atom. The molecule has 0 spiro atoms. The SMILES string of the molecule is CN1CCN(c2nc(Nc3cc(C(=O)Nc4ccccc4)ccn3)nc(-c3ccc(N(C)C)cc3)n2)CC1. The zero-order chi connectivity index (χ0) is 26.5. The molecule has 2 aromatic heterocycles. The first-order valence-corrected chi connectivity index (χ1v) is 12.5. The first-order chi connectivity index (χ1) is 18.4. The standard InChI is InChI=1S/C28H31N9O/c1-35(2)23-11-9-20(10-12-23)25-32-27(34-28(33-25)37-17-15-36(3)16-18-37)31-24-19-21(13-14-29-24)26(38)30-22-7-5-4-6-8-22/h4-14,19H,15-18H2,1-3H3,(H,30,38)(H,29,31,32,33,34). The Hall–Kier alpha value is -4.57. The zero-order valence-electron chi connectivity index (χ0n) is 21.8. The van der Waals surface area contributed by atoms with Crippen molar-refractivity contribution in [2.24, 2.45) is 0 Å². The van der Waals surface area contributed by atoms with Crippen LogP contribution in [-0.2, 0) is 0 Å². The lowest BCUT2D eigenvalue weighted by Gasteiger charge is -2.32. The number of para-hydroxylation sites is 1. The van der Waals surface area contributed by atoms with Crippen LogP contribution < -0.4 is 20.4 Å². The zero-order valence-corrected chi connectivity index (χ0v) is 21.8. The smallest absolute Gasteiger partial charge is 0.255 e. The number of likely N-dealkylation sites (N-methyl/N-ethyl adjacent to an activating group) is 1. The van der Waals surface area contributed by atoms with Gasteiger partial charge < -0.3 is 25.3 Å². The lowest BCUT2D eigenvalue weighted by Crippen LogP contribution is -2.45. The van der Waals surface area contributed by atoms with E-state index < -0.39 is 0 Å². The van der Waals surface area contributed by atoms with E-state index in [1.807, 2.05) is 73.6 Å². The van der Waals surface area contributed by atoms with E-state index in [1.54, 1.807) is 18.3 Å². The van der Waals surface area contributed by atoms with Crippen LogP contribution in [0.3, 0.4) is 0 Å². The number of aromatic nitrogens is 4. The Morgan fingerprint density at radius 1 is 0.895 bits per heavy atom. The fraction of sp³-hybridized carbons (Fsp3) is 0.250. The van der Waals surface area contributed by atoms with E-state index in [-0.39, 0.29) is 5.91 Å². The molecular weight excluding hydrogens is 478 g/mol. The Balaban J connectivity index is 1.43. The summed E-state index contributed by atoms with van der Waals surface area (Å²) in [6.45, 7) is 3.52. The molecule has 2 aromatic carbocycles. The summed E-state index contributed by atoms with van der Waals surface area (Å²) in [5.41, 5.74) is 3.18. The fourth-order valence-electron chi connectivity index (χ4n) is 4.09. The van der Waals surface area contributed by atoms with Gasteiger partial charge in [0.2, 0.25) is 11.9 Å². The van der Waals surface area contributed by atoms with E-state index in [0.717, 1.165) is 43.1 Å². The third-order valence-electron chi connectivity index (χ3n) is 6.35. The van der Waals surface area contributed by atoms with Gasteiger partial charge in [0.05, 0.1) is 0 Å².